The smallest absolute Gasteiger partial charge is 0.257 e. The maximum Gasteiger partial charge on any atom is 0.257 e. The summed E-state index contributed by atoms with van der Waals surface area (Å²) in [6.45, 7) is 0.637. The van der Waals surface area contributed by atoms with Crippen molar-refractivity contribution in [3.63, 3.8) is 0 Å². The van der Waals surface area contributed by atoms with Gasteiger partial charge >= 0.3 is 0 Å². The summed E-state index contributed by atoms with van der Waals surface area (Å²) in [6, 6.07) is 13.7. The number of halogens is 1. The summed E-state index contributed by atoms with van der Waals surface area (Å²) in [5, 5.41) is 12.0. The summed E-state index contributed by atoms with van der Waals surface area (Å²) >= 11 is 1.28. The summed E-state index contributed by atoms with van der Waals surface area (Å²) in [4.78, 5) is 16.6. The fraction of sp³-hybridized carbons (Fsp3) is 0.100. The molecule has 140 valence electrons. The van der Waals surface area contributed by atoms with Gasteiger partial charge in [0.1, 0.15) is 10.8 Å². The van der Waals surface area contributed by atoms with E-state index in [0.29, 0.717) is 28.7 Å². The molecule has 2 aromatic heterocycles. The molecule has 0 saturated heterocycles. The van der Waals surface area contributed by atoms with E-state index in [1.165, 1.54) is 23.5 Å². The van der Waals surface area contributed by atoms with Gasteiger partial charge in [-0.2, -0.15) is 0 Å². The van der Waals surface area contributed by atoms with E-state index in [0.717, 1.165) is 11.1 Å². The summed E-state index contributed by atoms with van der Waals surface area (Å²) in [7, 11) is 0. The second-order valence-corrected chi connectivity index (χ2v) is 7.26. The number of nitrogens with one attached hydrogen (secondary N) is 1. The van der Waals surface area contributed by atoms with E-state index in [1.54, 1.807) is 24.7 Å². The van der Waals surface area contributed by atoms with E-state index in [9.17, 15) is 9.18 Å². The molecular weight excluding hydrogens is 377 g/mol. The normalized spacial score (nSPS) is 10.8. The lowest BCUT2D eigenvalue weighted by Gasteiger charge is -2.06. The van der Waals surface area contributed by atoms with E-state index in [2.05, 4.69) is 20.5 Å². The molecule has 4 aromatic rings. The van der Waals surface area contributed by atoms with Gasteiger partial charge in [-0.1, -0.05) is 35.6 Å². The molecule has 2 heterocycles. The third kappa shape index (κ3) is 4.47. The Bertz CT molecular complexity index is 1090. The molecule has 0 unspecified atom stereocenters. The number of hydrogen-bond donors (Lipinski definition) is 1. The van der Waals surface area contributed by atoms with E-state index in [-0.39, 0.29) is 11.7 Å². The van der Waals surface area contributed by atoms with Gasteiger partial charge in [0.05, 0.1) is 6.33 Å². The lowest BCUT2D eigenvalue weighted by molar-refractivity contribution is 0.102. The van der Waals surface area contributed by atoms with E-state index < -0.39 is 0 Å². The van der Waals surface area contributed by atoms with Crippen LogP contribution in [0, 0.1) is 5.82 Å². The molecule has 0 spiro atoms. The van der Waals surface area contributed by atoms with Gasteiger partial charge in [-0.3, -0.25) is 10.1 Å². The minimum atomic E-state index is -0.286. The van der Waals surface area contributed by atoms with Gasteiger partial charge < -0.3 is 4.57 Å². The van der Waals surface area contributed by atoms with Crippen LogP contribution in [0.15, 0.2) is 67.3 Å². The Hall–Kier alpha value is -3.39. The van der Waals surface area contributed by atoms with Gasteiger partial charge in [0, 0.05) is 30.9 Å². The molecule has 0 aliphatic carbocycles. The topological polar surface area (TPSA) is 72.7 Å². The van der Waals surface area contributed by atoms with Gasteiger partial charge in [-0.15, -0.1) is 10.2 Å². The molecule has 0 radical (unpaired) electrons. The largest absolute Gasteiger partial charge is 0.333 e. The molecule has 0 bridgehead atoms. The van der Waals surface area contributed by atoms with Crippen molar-refractivity contribution in [3.05, 3.63) is 94.8 Å². The first-order chi connectivity index (χ1) is 13.7. The van der Waals surface area contributed by atoms with Crippen LogP contribution in [-0.4, -0.2) is 25.7 Å². The van der Waals surface area contributed by atoms with E-state index in [1.807, 2.05) is 35.0 Å². The molecule has 0 saturated carbocycles. The molecule has 4 rings (SSSR count). The molecule has 0 fully saturated rings. The Labute approximate surface area is 164 Å². The number of hydrogen-bond acceptors (Lipinski definition) is 5. The highest BCUT2D eigenvalue weighted by Crippen LogP contribution is 2.20. The van der Waals surface area contributed by atoms with Crippen LogP contribution in [0.4, 0.5) is 9.52 Å². The molecule has 0 aliphatic rings. The third-order valence-corrected chi connectivity index (χ3v) is 4.88. The van der Waals surface area contributed by atoms with Crippen molar-refractivity contribution in [2.75, 3.05) is 5.32 Å². The van der Waals surface area contributed by atoms with Gasteiger partial charge in [-0.05, 0) is 35.4 Å². The van der Waals surface area contributed by atoms with Crippen LogP contribution in [0.3, 0.4) is 0 Å². The molecule has 28 heavy (non-hydrogen) atoms. The zero-order chi connectivity index (χ0) is 19.3. The second kappa shape index (κ2) is 8.10. The number of carbonyl (C=O) groups is 1. The van der Waals surface area contributed by atoms with Crippen molar-refractivity contribution in [1.29, 1.82) is 0 Å². The highest BCUT2D eigenvalue weighted by atomic mass is 32.1. The SMILES string of the molecule is O=C(Nc1nnc(Cc2cccc(F)c2)s1)c1cccc(Cn2ccnc2)c1. The van der Waals surface area contributed by atoms with Crippen LogP contribution in [0.5, 0.6) is 0 Å². The number of imidazole rings is 1. The van der Waals surface area contributed by atoms with Crippen LogP contribution in [0.1, 0.15) is 26.5 Å². The van der Waals surface area contributed by atoms with Crippen molar-refractivity contribution in [2.24, 2.45) is 0 Å². The molecule has 1 N–H and O–H groups in total. The average molecular weight is 393 g/mol. The molecular formula is C20H16FN5OS. The minimum Gasteiger partial charge on any atom is -0.333 e. The molecule has 0 aliphatic heterocycles. The minimum absolute atomic E-state index is 0.249. The monoisotopic (exact) mass is 393 g/mol. The van der Waals surface area contributed by atoms with Crippen LogP contribution < -0.4 is 5.32 Å². The van der Waals surface area contributed by atoms with E-state index in [4.69, 9.17) is 0 Å². The predicted octanol–water partition coefficient (Wildman–Crippen LogP) is 3.77. The number of nitrogens with zero attached hydrogens (tertiary/aromatic N) is 4. The summed E-state index contributed by atoms with van der Waals surface area (Å²) < 4.78 is 15.2. The standard InChI is InChI=1S/C20H16FN5OS/c21-17-6-2-3-14(10-17)11-18-24-25-20(28-18)23-19(27)16-5-1-4-15(9-16)12-26-8-7-22-13-26/h1-10,13H,11-12H2,(H,23,25,27). The summed E-state index contributed by atoms with van der Waals surface area (Å²) in [6.07, 6.45) is 5.78. The number of benzene rings is 2. The molecule has 6 nitrogen and oxygen atoms in total. The number of carbonyl (C=O) groups excluding carboxylic acids is 1. The van der Waals surface area contributed by atoms with Gasteiger partial charge in [0.25, 0.3) is 5.91 Å². The Morgan fingerprint density at radius 1 is 1.11 bits per heavy atom. The zero-order valence-corrected chi connectivity index (χ0v) is 15.6. The summed E-state index contributed by atoms with van der Waals surface area (Å²) in [5.74, 6) is -0.535. The maximum atomic E-state index is 13.3. The van der Waals surface area contributed by atoms with Crippen molar-refractivity contribution < 1.29 is 9.18 Å². The number of amides is 1. The number of rotatable bonds is 6. The first-order valence-corrected chi connectivity index (χ1v) is 9.40. The zero-order valence-electron chi connectivity index (χ0n) is 14.7. The van der Waals surface area contributed by atoms with E-state index >= 15 is 0 Å². The Morgan fingerprint density at radius 2 is 1.96 bits per heavy atom. The summed E-state index contributed by atoms with van der Waals surface area (Å²) in [5.41, 5.74) is 2.34. The number of anilines is 1. The maximum absolute atomic E-state index is 13.3. The van der Waals surface area contributed by atoms with Gasteiger partial charge in [0.15, 0.2) is 0 Å². The lowest BCUT2D eigenvalue weighted by Crippen LogP contribution is -2.12. The van der Waals surface area contributed by atoms with Crippen LogP contribution in [-0.2, 0) is 13.0 Å². The average Bonchev–Trinajstić information content (AvgIpc) is 3.34. The van der Waals surface area contributed by atoms with Gasteiger partial charge in [-0.25, -0.2) is 9.37 Å². The Balaban J connectivity index is 1.42. The van der Waals surface area contributed by atoms with Crippen LogP contribution in [0.25, 0.3) is 0 Å². The van der Waals surface area contributed by atoms with Crippen molar-refractivity contribution >= 4 is 22.4 Å². The molecule has 2 aromatic carbocycles. The van der Waals surface area contributed by atoms with Crippen molar-refractivity contribution in [2.45, 2.75) is 13.0 Å². The Morgan fingerprint density at radius 3 is 2.79 bits per heavy atom. The second-order valence-electron chi connectivity index (χ2n) is 6.20. The first kappa shape index (κ1) is 18.0. The Kier molecular flexibility index (Phi) is 5.20. The quantitative estimate of drug-likeness (QED) is 0.541. The molecule has 0 atom stereocenters. The first-order valence-electron chi connectivity index (χ1n) is 8.58. The predicted molar refractivity (Wildman–Crippen MR) is 105 cm³/mol. The fourth-order valence-electron chi connectivity index (χ4n) is 2.77. The van der Waals surface area contributed by atoms with Crippen LogP contribution in [0.2, 0.25) is 0 Å². The lowest BCUT2D eigenvalue weighted by atomic mass is 10.1. The highest BCUT2D eigenvalue weighted by Gasteiger charge is 2.11. The molecule has 1 amide bonds. The van der Waals surface area contributed by atoms with Crippen molar-refractivity contribution in [1.82, 2.24) is 19.7 Å². The third-order valence-electron chi connectivity index (χ3n) is 4.05. The fourth-order valence-corrected chi connectivity index (χ4v) is 3.54. The van der Waals surface area contributed by atoms with Gasteiger partial charge in [0.2, 0.25) is 5.13 Å². The van der Waals surface area contributed by atoms with Crippen molar-refractivity contribution in [3.8, 4) is 0 Å². The highest BCUT2D eigenvalue weighted by molar-refractivity contribution is 7.15. The number of aromatic nitrogens is 4. The molecule has 8 heteroatoms. The van der Waals surface area contributed by atoms with Crippen LogP contribution >= 0.6 is 11.3 Å².